The van der Waals surface area contributed by atoms with E-state index in [0.717, 1.165) is 59.4 Å². The fourth-order valence-electron chi connectivity index (χ4n) is 8.27. The fraction of sp³-hybridized carbons (Fsp3) is 1.00. The SMILES string of the molecule is C1C2CC3CC1CC(C2)C3[N]=[Mo+2]=[N]C1C2CC3CC(C2)CC1C3. The van der Waals surface area contributed by atoms with Crippen molar-refractivity contribution in [3.05, 3.63) is 0 Å². The van der Waals surface area contributed by atoms with Gasteiger partial charge in [-0.2, -0.15) is 0 Å². The van der Waals surface area contributed by atoms with Gasteiger partial charge in [0.2, 0.25) is 0 Å². The van der Waals surface area contributed by atoms with Crippen molar-refractivity contribution >= 4 is 0 Å². The van der Waals surface area contributed by atoms with Crippen molar-refractivity contribution in [2.75, 3.05) is 0 Å². The van der Waals surface area contributed by atoms with E-state index in [9.17, 15) is 0 Å². The second kappa shape index (κ2) is 5.39. The van der Waals surface area contributed by atoms with E-state index < -0.39 is 18.2 Å². The van der Waals surface area contributed by atoms with Gasteiger partial charge in [-0.1, -0.05) is 0 Å². The Hall–Kier alpha value is 0.288. The van der Waals surface area contributed by atoms with Crippen molar-refractivity contribution in [3.63, 3.8) is 0 Å². The standard InChI is InChI=1S/2C10H15N.Mo/c2*11-10-8-2-6-1-7(4-8)5-9(10)3-6;/h2*6-10H,1-5H2;/q;;+2. The van der Waals surface area contributed by atoms with Gasteiger partial charge in [0.15, 0.2) is 0 Å². The van der Waals surface area contributed by atoms with Gasteiger partial charge in [-0.25, -0.2) is 0 Å². The van der Waals surface area contributed by atoms with Crippen LogP contribution in [-0.4, -0.2) is 12.1 Å². The van der Waals surface area contributed by atoms with Gasteiger partial charge >= 0.3 is 149 Å². The topological polar surface area (TPSA) is 24.7 Å². The van der Waals surface area contributed by atoms with E-state index in [1.165, 1.54) is 51.4 Å². The summed E-state index contributed by atoms with van der Waals surface area (Å²) >= 11 is -0.424. The van der Waals surface area contributed by atoms with Gasteiger partial charge in [-0.05, 0) is 0 Å². The predicted octanol–water partition coefficient (Wildman–Crippen LogP) is 5.09. The first kappa shape index (κ1) is 14.5. The average Bonchev–Trinajstić information content (AvgIpc) is 2.51. The van der Waals surface area contributed by atoms with Gasteiger partial charge in [0.25, 0.3) is 0 Å². The summed E-state index contributed by atoms with van der Waals surface area (Å²) in [5.41, 5.74) is 0. The third-order valence-electron chi connectivity index (χ3n) is 8.69. The van der Waals surface area contributed by atoms with Crippen LogP contribution in [0.4, 0.5) is 0 Å². The van der Waals surface area contributed by atoms with Gasteiger partial charge in [-0.15, -0.1) is 0 Å². The molecule has 0 atom stereocenters. The third-order valence-corrected chi connectivity index (χ3v) is 10.4. The summed E-state index contributed by atoms with van der Waals surface area (Å²) in [5, 5.41) is 0. The van der Waals surface area contributed by atoms with Crippen molar-refractivity contribution < 1.29 is 18.2 Å². The Bertz CT molecular complexity index is 462. The van der Waals surface area contributed by atoms with Crippen LogP contribution < -0.4 is 0 Å². The summed E-state index contributed by atoms with van der Waals surface area (Å²) in [6.07, 6.45) is 15.3. The molecule has 2 nitrogen and oxygen atoms in total. The van der Waals surface area contributed by atoms with Gasteiger partial charge < -0.3 is 0 Å². The zero-order valence-electron chi connectivity index (χ0n) is 14.1. The van der Waals surface area contributed by atoms with Crippen molar-refractivity contribution in [2.45, 2.75) is 76.3 Å². The van der Waals surface area contributed by atoms with Crippen LogP contribution in [0.25, 0.3) is 0 Å². The normalized spacial score (nSPS) is 58.3. The van der Waals surface area contributed by atoms with Gasteiger partial charge in [-0.3, -0.25) is 0 Å². The molecule has 8 aliphatic rings. The third kappa shape index (κ3) is 2.36. The van der Waals surface area contributed by atoms with Crippen LogP contribution in [0, 0.1) is 47.3 Å². The number of hydrogen-bond acceptors (Lipinski definition) is 2. The molecule has 3 heteroatoms. The molecule has 0 radical (unpaired) electrons. The Morgan fingerprint density at radius 3 is 1.04 bits per heavy atom. The maximum absolute atomic E-state index is 5.34. The van der Waals surface area contributed by atoms with E-state index in [1.807, 2.05) is 0 Å². The molecule has 124 valence electrons. The Kier molecular flexibility index (Phi) is 3.39. The molecule has 8 bridgehead atoms. The van der Waals surface area contributed by atoms with Crippen molar-refractivity contribution in [3.8, 4) is 0 Å². The molecule has 8 aliphatic carbocycles. The van der Waals surface area contributed by atoms with E-state index in [4.69, 9.17) is 6.99 Å². The molecule has 0 amide bonds. The van der Waals surface area contributed by atoms with Gasteiger partial charge in [0.05, 0.1) is 0 Å². The van der Waals surface area contributed by atoms with Crippen LogP contribution >= 0.6 is 0 Å². The number of nitrogens with zero attached hydrogens (tertiary/aromatic N) is 2. The molecule has 0 aromatic heterocycles. The van der Waals surface area contributed by atoms with E-state index in [1.54, 1.807) is 12.8 Å². The quantitative estimate of drug-likeness (QED) is 0.583. The second-order valence-electron chi connectivity index (χ2n) is 10.1. The molecule has 0 unspecified atom stereocenters. The minimum absolute atomic E-state index is 0.424. The average molecular weight is 394 g/mol. The zero-order valence-corrected chi connectivity index (χ0v) is 16.2. The summed E-state index contributed by atoms with van der Waals surface area (Å²) in [7, 11) is 0. The van der Waals surface area contributed by atoms with Crippen LogP contribution in [0.3, 0.4) is 0 Å². The van der Waals surface area contributed by atoms with Crippen molar-refractivity contribution in [1.82, 2.24) is 0 Å². The molecule has 0 heterocycles. The van der Waals surface area contributed by atoms with Gasteiger partial charge in [0.1, 0.15) is 0 Å². The molecule has 8 saturated carbocycles. The Morgan fingerprint density at radius 1 is 0.435 bits per heavy atom. The van der Waals surface area contributed by atoms with Crippen LogP contribution in [0.15, 0.2) is 6.99 Å². The van der Waals surface area contributed by atoms with Crippen LogP contribution in [0.5, 0.6) is 0 Å². The van der Waals surface area contributed by atoms with E-state index in [0.29, 0.717) is 0 Å². The molecule has 0 aliphatic heterocycles. The molecule has 0 spiro atoms. The summed E-state index contributed by atoms with van der Waals surface area (Å²) in [6, 6.07) is 1.51. The van der Waals surface area contributed by atoms with E-state index in [-0.39, 0.29) is 0 Å². The summed E-state index contributed by atoms with van der Waals surface area (Å²) in [4.78, 5) is 0. The van der Waals surface area contributed by atoms with Crippen LogP contribution in [0.2, 0.25) is 0 Å². The molecular weight excluding hydrogens is 364 g/mol. The molecule has 8 fully saturated rings. The van der Waals surface area contributed by atoms with E-state index >= 15 is 0 Å². The Labute approximate surface area is 148 Å². The second-order valence-corrected chi connectivity index (χ2v) is 11.6. The first-order valence-corrected chi connectivity index (χ1v) is 12.2. The van der Waals surface area contributed by atoms with Gasteiger partial charge in [0, 0.05) is 0 Å². The minimum atomic E-state index is -0.424. The van der Waals surface area contributed by atoms with E-state index in [2.05, 4.69) is 0 Å². The summed E-state index contributed by atoms with van der Waals surface area (Å²) < 4.78 is 10.7. The zero-order chi connectivity index (χ0) is 15.0. The molecule has 8 rings (SSSR count). The first-order valence-electron chi connectivity index (χ1n) is 10.4. The fourth-order valence-corrected chi connectivity index (χ4v) is 10.6. The summed E-state index contributed by atoms with van der Waals surface area (Å²) in [6.45, 7) is 0. The first-order chi connectivity index (χ1) is 11.3. The molecule has 0 aromatic carbocycles. The molecular formula is C20H30MoN2+2. The molecule has 23 heavy (non-hydrogen) atoms. The monoisotopic (exact) mass is 396 g/mol. The van der Waals surface area contributed by atoms with Crippen LogP contribution in [-0.2, 0) is 18.2 Å². The summed E-state index contributed by atoms with van der Waals surface area (Å²) in [5.74, 6) is 8.26. The Morgan fingerprint density at radius 2 is 0.739 bits per heavy atom. The van der Waals surface area contributed by atoms with Crippen molar-refractivity contribution in [1.29, 1.82) is 0 Å². The molecule has 0 aromatic rings. The number of rotatable bonds is 2. The van der Waals surface area contributed by atoms with Crippen molar-refractivity contribution in [2.24, 2.45) is 54.3 Å². The Balaban J connectivity index is 1.20. The molecule has 0 saturated heterocycles. The number of hydrogen-bond donors (Lipinski definition) is 0. The predicted molar refractivity (Wildman–Crippen MR) is 86.5 cm³/mol. The maximum atomic E-state index is 5.34. The van der Waals surface area contributed by atoms with Crippen LogP contribution in [0.1, 0.15) is 64.2 Å². The molecule has 0 N–H and O–H groups in total.